The van der Waals surface area contributed by atoms with Crippen molar-refractivity contribution in [3.05, 3.63) is 24.0 Å². The first-order chi connectivity index (χ1) is 10.1. The lowest BCUT2D eigenvalue weighted by Gasteiger charge is -2.28. The highest BCUT2D eigenvalue weighted by Crippen LogP contribution is 2.21. The van der Waals surface area contributed by atoms with Gasteiger partial charge in [0.1, 0.15) is 5.82 Å². The zero-order valence-corrected chi connectivity index (χ0v) is 12.6. The maximum atomic E-state index is 13.2. The van der Waals surface area contributed by atoms with Gasteiger partial charge in [0.2, 0.25) is 5.91 Å². The van der Waals surface area contributed by atoms with E-state index < -0.39 is 5.82 Å². The third-order valence-corrected chi connectivity index (χ3v) is 4.11. The van der Waals surface area contributed by atoms with Gasteiger partial charge in [-0.3, -0.25) is 9.69 Å². The molecule has 1 aromatic carbocycles. The van der Waals surface area contributed by atoms with Gasteiger partial charge >= 0.3 is 0 Å². The highest BCUT2D eigenvalue weighted by atomic mass is 19.1. The zero-order valence-electron chi connectivity index (χ0n) is 12.6. The molecule has 1 aromatic rings. The van der Waals surface area contributed by atoms with Crippen molar-refractivity contribution in [2.75, 3.05) is 24.1 Å². The van der Waals surface area contributed by atoms with Gasteiger partial charge in [0.05, 0.1) is 17.9 Å². The van der Waals surface area contributed by atoms with Crippen molar-refractivity contribution in [2.24, 2.45) is 0 Å². The minimum atomic E-state index is -0.402. The van der Waals surface area contributed by atoms with E-state index in [1.54, 1.807) is 0 Å². The quantitative estimate of drug-likeness (QED) is 0.839. The Kier molecular flexibility index (Phi) is 5.56. The molecule has 0 bridgehead atoms. The summed E-state index contributed by atoms with van der Waals surface area (Å²) in [6.07, 6.45) is 5.78. The number of halogens is 1. The topological polar surface area (TPSA) is 58.4 Å². The largest absolute Gasteiger partial charge is 0.397 e. The SMILES string of the molecule is CCC1CCCCCN1CC(=O)Nc1cc(F)ccc1N. The van der Waals surface area contributed by atoms with Crippen LogP contribution in [0.3, 0.4) is 0 Å². The summed E-state index contributed by atoms with van der Waals surface area (Å²) in [5.74, 6) is -0.534. The fourth-order valence-electron chi connectivity index (χ4n) is 2.92. The Labute approximate surface area is 125 Å². The van der Waals surface area contributed by atoms with Gasteiger partial charge in [-0.1, -0.05) is 19.8 Å². The first kappa shape index (κ1) is 15.8. The summed E-state index contributed by atoms with van der Waals surface area (Å²) in [6, 6.07) is 4.47. The number of benzene rings is 1. The normalized spacial score (nSPS) is 20.0. The fourth-order valence-corrected chi connectivity index (χ4v) is 2.92. The lowest BCUT2D eigenvalue weighted by atomic mass is 10.1. The Morgan fingerprint density at radius 2 is 2.24 bits per heavy atom. The second kappa shape index (κ2) is 7.41. The highest BCUT2D eigenvalue weighted by molar-refractivity contribution is 5.95. The first-order valence-electron chi connectivity index (χ1n) is 7.69. The molecule has 0 saturated carbocycles. The number of carbonyl (C=O) groups is 1. The van der Waals surface area contributed by atoms with Crippen LogP contribution in [0, 0.1) is 5.82 Å². The number of nitrogens with one attached hydrogen (secondary N) is 1. The molecule has 0 aliphatic carbocycles. The maximum Gasteiger partial charge on any atom is 0.238 e. The molecule has 0 aromatic heterocycles. The summed E-state index contributed by atoms with van der Waals surface area (Å²) >= 11 is 0. The average molecular weight is 293 g/mol. The number of hydrogen-bond acceptors (Lipinski definition) is 3. The van der Waals surface area contributed by atoms with Crippen molar-refractivity contribution in [2.45, 2.75) is 45.1 Å². The Balaban J connectivity index is 1.98. The molecule has 1 saturated heterocycles. The standard InChI is InChI=1S/C16H24FN3O/c1-2-13-6-4-3-5-9-20(13)11-16(21)19-15-10-12(17)7-8-14(15)18/h7-8,10,13H,2-6,9,11,18H2,1H3,(H,19,21). The molecular formula is C16H24FN3O. The molecule has 21 heavy (non-hydrogen) atoms. The number of nitrogens with zero attached hydrogens (tertiary/aromatic N) is 1. The summed E-state index contributed by atoms with van der Waals surface area (Å²) in [5, 5.41) is 2.72. The molecule has 0 spiro atoms. The van der Waals surface area contributed by atoms with E-state index >= 15 is 0 Å². The molecule has 116 valence electrons. The number of amides is 1. The smallest absolute Gasteiger partial charge is 0.238 e. The molecule has 0 radical (unpaired) electrons. The monoisotopic (exact) mass is 293 g/mol. The van der Waals surface area contributed by atoms with E-state index in [9.17, 15) is 9.18 Å². The van der Waals surface area contributed by atoms with Gasteiger partial charge in [-0.15, -0.1) is 0 Å². The summed E-state index contributed by atoms with van der Waals surface area (Å²) in [7, 11) is 0. The van der Waals surface area contributed by atoms with Gasteiger partial charge < -0.3 is 11.1 Å². The van der Waals surface area contributed by atoms with Crippen LogP contribution in [0.1, 0.15) is 39.0 Å². The summed E-state index contributed by atoms with van der Waals surface area (Å²) < 4.78 is 13.2. The number of likely N-dealkylation sites (tertiary alicyclic amines) is 1. The zero-order chi connectivity index (χ0) is 15.2. The van der Waals surface area contributed by atoms with Gasteiger partial charge in [0.25, 0.3) is 0 Å². The van der Waals surface area contributed by atoms with Gasteiger partial charge in [0, 0.05) is 6.04 Å². The van der Waals surface area contributed by atoms with Crippen LogP contribution in [0.5, 0.6) is 0 Å². The first-order valence-corrected chi connectivity index (χ1v) is 7.69. The minimum Gasteiger partial charge on any atom is -0.397 e. The average Bonchev–Trinajstić information content (AvgIpc) is 2.68. The third-order valence-electron chi connectivity index (χ3n) is 4.11. The van der Waals surface area contributed by atoms with Crippen LogP contribution in [0.25, 0.3) is 0 Å². The van der Waals surface area contributed by atoms with Gasteiger partial charge in [0.15, 0.2) is 0 Å². The van der Waals surface area contributed by atoms with Crippen molar-refractivity contribution in [1.82, 2.24) is 4.90 Å². The fraction of sp³-hybridized carbons (Fsp3) is 0.562. The molecule has 1 unspecified atom stereocenters. The van der Waals surface area contributed by atoms with Gasteiger partial charge in [-0.05, 0) is 44.0 Å². The number of nitrogen functional groups attached to an aromatic ring is 1. The minimum absolute atomic E-state index is 0.132. The predicted molar refractivity (Wildman–Crippen MR) is 83.6 cm³/mol. The van der Waals surface area contributed by atoms with E-state index in [0.29, 0.717) is 24.0 Å². The highest BCUT2D eigenvalue weighted by Gasteiger charge is 2.21. The van der Waals surface area contributed by atoms with E-state index in [-0.39, 0.29) is 5.91 Å². The van der Waals surface area contributed by atoms with Crippen molar-refractivity contribution in [1.29, 1.82) is 0 Å². The van der Waals surface area contributed by atoms with Crippen LogP contribution < -0.4 is 11.1 Å². The maximum absolute atomic E-state index is 13.2. The van der Waals surface area contributed by atoms with E-state index in [2.05, 4.69) is 17.1 Å². The number of anilines is 2. The lowest BCUT2D eigenvalue weighted by molar-refractivity contribution is -0.117. The molecule has 1 aliphatic rings. The second-order valence-corrected chi connectivity index (χ2v) is 5.66. The van der Waals surface area contributed by atoms with E-state index in [4.69, 9.17) is 5.73 Å². The van der Waals surface area contributed by atoms with Crippen LogP contribution >= 0.6 is 0 Å². The third kappa shape index (κ3) is 4.43. The predicted octanol–water partition coefficient (Wildman–Crippen LogP) is 3.00. The lowest BCUT2D eigenvalue weighted by Crippen LogP contribution is -2.40. The van der Waals surface area contributed by atoms with Crippen LogP contribution in [0.2, 0.25) is 0 Å². The molecule has 1 amide bonds. The summed E-state index contributed by atoms with van der Waals surface area (Å²) in [5.41, 5.74) is 6.49. The van der Waals surface area contributed by atoms with Gasteiger partial charge in [-0.25, -0.2) is 4.39 Å². The molecule has 5 heteroatoms. The van der Waals surface area contributed by atoms with Crippen LogP contribution in [0.15, 0.2) is 18.2 Å². The molecule has 1 fully saturated rings. The summed E-state index contributed by atoms with van der Waals surface area (Å²) in [4.78, 5) is 14.4. The van der Waals surface area contributed by atoms with E-state index in [1.165, 1.54) is 31.0 Å². The Hall–Kier alpha value is -1.62. The van der Waals surface area contributed by atoms with Crippen LogP contribution in [0.4, 0.5) is 15.8 Å². The molecule has 4 nitrogen and oxygen atoms in total. The van der Waals surface area contributed by atoms with Crippen molar-refractivity contribution < 1.29 is 9.18 Å². The van der Waals surface area contributed by atoms with Crippen LogP contribution in [-0.2, 0) is 4.79 Å². The van der Waals surface area contributed by atoms with E-state index in [1.807, 2.05) is 0 Å². The second-order valence-electron chi connectivity index (χ2n) is 5.66. The number of hydrogen-bond donors (Lipinski definition) is 2. The molecule has 2 rings (SSSR count). The van der Waals surface area contributed by atoms with Crippen LogP contribution in [-0.4, -0.2) is 29.9 Å². The van der Waals surface area contributed by atoms with Crippen molar-refractivity contribution in [3.8, 4) is 0 Å². The molecule has 1 heterocycles. The van der Waals surface area contributed by atoms with Crippen molar-refractivity contribution in [3.63, 3.8) is 0 Å². The summed E-state index contributed by atoms with van der Waals surface area (Å²) in [6.45, 7) is 3.45. The number of carbonyl (C=O) groups excluding carboxylic acids is 1. The Morgan fingerprint density at radius 1 is 1.43 bits per heavy atom. The van der Waals surface area contributed by atoms with Gasteiger partial charge in [-0.2, -0.15) is 0 Å². The molecule has 1 aliphatic heterocycles. The molecule has 1 atom stereocenters. The number of rotatable bonds is 4. The number of nitrogens with two attached hydrogens (primary N) is 1. The molecular weight excluding hydrogens is 269 g/mol. The van der Waals surface area contributed by atoms with Crippen molar-refractivity contribution >= 4 is 17.3 Å². The van der Waals surface area contributed by atoms with E-state index in [0.717, 1.165) is 25.8 Å². The Morgan fingerprint density at radius 3 is 3.00 bits per heavy atom. The Bertz CT molecular complexity index is 492. The molecule has 3 N–H and O–H groups in total.